The van der Waals surface area contributed by atoms with E-state index in [4.69, 9.17) is 5.73 Å². The van der Waals surface area contributed by atoms with Crippen molar-refractivity contribution in [1.29, 1.82) is 0 Å². The maximum Gasteiger partial charge on any atom is 0.343 e. The number of rotatable bonds is 5. The molecule has 0 aliphatic heterocycles. The van der Waals surface area contributed by atoms with E-state index in [1.807, 2.05) is 6.92 Å². The minimum absolute atomic E-state index is 0.136. The first-order valence-electron chi connectivity index (χ1n) is 5.93. The Morgan fingerprint density at radius 2 is 2.32 bits per heavy atom. The van der Waals surface area contributed by atoms with Crippen LogP contribution in [0.2, 0.25) is 0 Å². The highest BCUT2D eigenvalue weighted by Crippen LogP contribution is 2.21. The lowest BCUT2D eigenvalue weighted by molar-refractivity contribution is 0.603. The van der Waals surface area contributed by atoms with Crippen LogP contribution in [0, 0.1) is 5.82 Å². The summed E-state index contributed by atoms with van der Waals surface area (Å²) in [7, 11) is 0. The molecule has 0 saturated heterocycles. The predicted molar refractivity (Wildman–Crippen MR) is 73.5 cm³/mol. The molecule has 0 bridgehead atoms. The van der Waals surface area contributed by atoms with Crippen LogP contribution in [0.15, 0.2) is 28.2 Å². The Morgan fingerprint density at radius 1 is 1.53 bits per heavy atom. The van der Waals surface area contributed by atoms with Gasteiger partial charge in [-0.25, -0.2) is 14.3 Å². The molecule has 1 aromatic carbocycles. The Hall–Kier alpha value is -1.76. The molecule has 7 heteroatoms. The standard InChI is InChI=1S/C12H15FN4OS/c1-2-5-17-11(18)15-16-12(17)19-7-8-3-4-10(14)9(13)6-8/h3-4,6H,2,5,7,14H2,1H3,(H,15,18). The first-order chi connectivity index (χ1) is 9.11. The molecule has 1 aromatic heterocycles. The molecule has 0 unspecified atom stereocenters. The summed E-state index contributed by atoms with van der Waals surface area (Å²) in [6, 6.07) is 4.70. The van der Waals surface area contributed by atoms with Gasteiger partial charge in [0, 0.05) is 12.3 Å². The Kier molecular flexibility index (Phi) is 4.26. The number of nitrogens with two attached hydrogens (primary N) is 1. The molecule has 3 N–H and O–H groups in total. The van der Waals surface area contributed by atoms with Gasteiger partial charge in [-0.1, -0.05) is 24.8 Å². The second-order valence-corrected chi connectivity index (χ2v) is 5.05. The summed E-state index contributed by atoms with van der Waals surface area (Å²) in [6.45, 7) is 2.61. The fourth-order valence-corrected chi connectivity index (χ4v) is 2.56. The molecule has 0 fully saturated rings. The topological polar surface area (TPSA) is 76.7 Å². The van der Waals surface area contributed by atoms with E-state index in [0.717, 1.165) is 12.0 Å². The molecule has 0 aliphatic rings. The summed E-state index contributed by atoms with van der Waals surface area (Å²) in [4.78, 5) is 11.5. The lowest BCUT2D eigenvalue weighted by Crippen LogP contribution is -2.17. The van der Waals surface area contributed by atoms with Gasteiger partial charge in [0.15, 0.2) is 5.16 Å². The van der Waals surface area contributed by atoms with Crippen LogP contribution in [0.1, 0.15) is 18.9 Å². The van der Waals surface area contributed by atoms with Crippen LogP contribution in [0.5, 0.6) is 0 Å². The van der Waals surface area contributed by atoms with Crippen molar-refractivity contribution in [3.05, 3.63) is 40.1 Å². The van der Waals surface area contributed by atoms with Gasteiger partial charge in [0.25, 0.3) is 0 Å². The molecule has 19 heavy (non-hydrogen) atoms. The van der Waals surface area contributed by atoms with E-state index in [0.29, 0.717) is 17.5 Å². The smallest absolute Gasteiger partial charge is 0.343 e. The van der Waals surface area contributed by atoms with E-state index in [2.05, 4.69) is 10.2 Å². The van der Waals surface area contributed by atoms with E-state index < -0.39 is 5.82 Å². The summed E-state index contributed by atoms with van der Waals surface area (Å²) < 4.78 is 14.9. The predicted octanol–water partition coefficient (Wildman–Crippen LogP) is 1.99. The molecule has 1 heterocycles. The van der Waals surface area contributed by atoms with Crippen LogP contribution in [0.25, 0.3) is 0 Å². The molecule has 0 aliphatic carbocycles. The second-order valence-electron chi connectivity index (χ2n) is 4.11. The van der Waals surface area contributed by atoms with Crippen molar-refractivity contribution in [2.24, 2.45) is 0 Å². The number of halogens is 1. The molecule has 0 amide bonds. The van der Waals surface area contributed by atoms with Crippen LogP contribution in [-0.4, -0.2) is 14.8 Å². The molecule has 102 valence electrons. The van der Waals surface area contributed by atoms with E-state index in [9.17, 15) is 9.18 Å². The Balaban J connectivity index is 2.10. The lowest BCUT2D eigenvalue weighted by Gasteiger charge is -2.04. The third kappa shape index (κ3) is 3.17. The minimum atomic E-state index is -0.425. The van der Waals surface area contributed by atoms with Crippen molar-refractivity contribution in [2.75, 3.05) is 5.73 Å². The van der Waals surface area contributed by atoms with Gasteiger partial charge in [0.05, 0.1) is 5.69 Å². The summed E-state index contributed by atoms with van der Waals surface area (Å²) in [5.74, 6) is 0.108. The molecule has 0 atom stereocenters. The van der Waals surface area contributed by atoms with Crippen LogP contribution >= 0.6 is 11.8 Å². The van der Waals surface area contributed by atoms with Crippen LogP contribution < -0.4 is 11.4 Å². The number of hydrogen-bond acceptors (Lipinski definition) is 4. The number of nitrogens with one attached hydrogen (secondary N) is 1. The fourth-order valence-electron chi connectivity index (χ4n) is 1.64. The molecule has 5 nitrogen and oxygen atoms in total. The number of aromatic amines is 1. The van der Waals surface area contributed by atoms with E-state index in [1.165, 1.54) is 23.9 Å². The highest BCUT2D eigenvalue weighted by atomic mass is 32.2. The number of nitrogens with zero attached hydrogens (tertiary/aromatic N) is 2. The molecule has 0 saturated carbocycles. The number of hydrogen-bond donors (Lipinski definition) is 2. The summed E-state index contributed by atoms with van der Waals surface area (Å²) in [5.41, 5.74) is 6.14. The SMILES string of the molecule is CCCn1c(SCc2ccc(N)c(F)c2)n[nH]c1=O. The maximum absolute atomic E-state index is 13.3. The molecular formula is C12H15FN4OS. The lowest BCUT2D eigenvalue weighted by atomic mass is 10.2. The number of anilines is 1. The van der Waals surface area contributed by atoms with Crippen molar-refractivity contribution in [3.63, 3.8) is 0 Å². The highest BCUT2D eigenvalue weighted by Gasteiger charge is 2.08. The Morgan fingerprint density at radius 3 is 3.00 bits per heavy atom. The quantitative estimate of drug-likeness (QED) is 0.649. The molecule has 0 radical (unpaired) electrons. The van der Waals surface area contributed by atoms with Crippen LogP contribution in [-0.2, 0) is 12.3 Å². The molecular weight excluding hydrogens is 267 g/mol. The van der Waals surface area contributed by atoms with E-state index in [1.54, 1.807) is 10.6 Å². The van der Waals surface area contributed by atoms with Gasteiger partial charge < -0.3 is 5.73 Å². The van der Waals surface area contributed by atoms with Crippen LogP contribution in [0.3, 0.4) is 0 Å². The maximum atomic E-state index is 13.3. The summed E-state index contributed by atoms with van der Waals surface area (Å²) in [6.07, 6.45) is 0.851. The molecule has 0 spiro atoms. The normalized spacial score (nSPS) is 10.8. The monoisotopic (exact) mass is 282 g/mol. The highest BCUT2D eigenvalue weighted by molar-refractivity contribution is 7.98. The van der Waals surface area contributed by atoms with Crippen molar-refractivity contribution in [2.45, 2.75) is 30.8 Å². The zero-order chi connectivity index (χ0) is 13.8. The number of nitrogen functional groups attached to an aromatic ring is 1. The zero-order valence-electron chi connectivity index (χ0n) is 10.5. The van der Waals surface area contributed by atoms with Gasteiger partial charge in [-0.2, -0.15) is 0 Å². The number of thioether (sulfide) groups is 1. The van der Waals surface area contributed by atoms with Gasteiger partial charge in [-0.15, -0.1) is 5.10 Å². The first-order valence-corrected chi connectivity index (χ1v) is 6.92. The number of aromatic nitrogens is 3. The van der Waals surface area contributed by atoms with Gasteiger partial charge in [-0.3, -0.25) is 4.57 Å². The van der Waals surface area contributed by atoms with Crippen molar-refractivity contribution in [1.82, 2.24) is 14.8 Å². The van der Waals surface area contributed by atoms with Crippen molar-refractivity contribution in [3.8, 4) is 0 Å². The van der Waals surface area contributed by atoms with Gasteiger partial charge in [0.2, 0.25) is 0 Å². The van der Waals surface area contributed by atoms with E-state index >= 15 is 0 Å². The summed E-state index contributed by atoms with van der Waals surface area (Å²) in [5, 5.41) is 7.00. The first kappa shape index (κ1) is 13.7. The third-order valence-electron chi connectivity index (χ3n) is 2.60. The molecule has 2 aromatic rings. The third-order valence-corrected chi connectivity index (χ3v) is 3.65. The Bertz CT molecular complexity index is 622. The number of H-pyrrole nitrogens is 1. The van der Waals surface area contributed by atoms with Crippen molar-refractivity contribution < 1.29 is 4.39 Å². The second kappa shape index (κ2) is 5.92. The van der Waals surface area contributed by atoms with Gasteiger partial charge in [-0.05, 0) is 24.1 Å². The van der Waals surface area contributed by atoms with Crippen LogP contribution in [0.4, 0.5) is 10.1 Å². The van der Waals surface area contributed by atoms with Gasteiger partial charge in [0.1, 0.15) is 5.82 Å². The number of benzene rings is 1. The fraction of sp³-hybridized carbons (Fsp3) is 0.333. The Labute approximate surface area is 114 Å². The average molecular weight is 282 g/mol. The largest absolute Gasteiger partial charge is 0.396 e. The summed E-state index contributed by atoms with van der Waals surface area (Å²) >= 11 is 1.39. The van der Waals surface area contributed by atoms with Gasteiger partial charge >= 0.3 is 5.69 Å². The van der Waals surface area contributed by atoms with Crippen molar-refractivity contribution >= 4 is 17.4 Å². The molecule has 2 rings (SSSR count). The van der Waals surface area contributed by atoms with E-state index in [-0.39, 0.29) is 11.4 Å². The zero-order valence-corrected chi connectivity index (χ0v) is 11.3. The average Bonchev–Trinajstić information content (AvgIpc) is 2.73. The minimum Gasteiger partial charge on any atom is -0.396 e.